The summed E-state index contributed by atoms with van der Waals surface area (Å²) in [6.07, 6.45) is 2.91. The molecule has 0 aliphatic heterocycles. The van der Waals surface area contributed by atoms with Gasteiger partial charge in [0.25, 0.3) is 10.0 Å². The summed E-state index contributed by atoms with van der Waals surface area (Å²) in [7, 11) is 0.0472. The zero-order chi connectivity index (χ0) is 10.6. The molecule has 1 rings (SSSR count). The van der Waals surface area contributed by atoms with E-state index in [1.54, 1.807) is 18.7 Å². The number of rotatable bonds is 5. The van der Waals surface area contributed by atoms with E-state index in [1.807, 2.05) is 0 Å². The highest BCUT2D eigenvalue weighted by Crippen LogP contribution is 2.02. The van der Waals surface area contributed by atoms with Gasteiger partial charge in [0.05, 0.1) is 6.33 Å². The molecule has 0 fully saturated rings. The van der Waals surface area contributed by atoms with E-state index in [9.17, 15) is 8.42 Å². The van der Waals surface area contributed by atoms with Crippen molar-refractivity contribution in [1.29, 1.82) is 0 Å². The minimum Gasteiger partial charge on any atom is -0.339 e. The highest BCUT2D eigenvalue weighted by atomic mass is 32.2. The average molecular weight is 218 g/mol. The molecular formula is C7H14N4O2S. The van der Waals surface area contributed by atoms with Crippen LogP contribution in [0.4, 0.5) is 0 Å². The molecule has 1 aromatic rings. The zero-order valence-corrected chi connectivity index (χ0v) is 9.00. The average Bonchev–Trinajstić information content (AvgIpc) is 2.53. The maximum atomic E-state index is 11.5. The molecule has 0 aliphatic carbocycles. The van der Waals surface area contributed by atoms with Gasteiger partial charge in [-0.3, -0.25) is 0 Å². The molecule has 1 aromatic heterocycles. The Hall–Kier alpha value is -0.920. The lowest BCUT2D eigenvalue weighted by atomic mass is 10.7. The van der Waals surface area contributed by atoms with Crippen molar-refractivity contribution in [2.75, 3.05) is 20.1 Å². The number of imidazole rings is 1. The van der Waals surface area contributed by atoms with Gasteiger partial charge in [-0.05, 0) is 7.05 Å². The number of sulfonamides is 1. The number of likely N-dealkylation sites (N-methyl/N-ethyl adjacent to an activating group) is 1. The van der Waals surface area contributed by atoms with E-state index >= 15 is 0 Å². The van der Waals surface area contributed by atoms with Gasteiger partial charge in [-0.2, -0.15) is 0 Å². The third-order valence-corrected chi connectivity index (χ3v) is 2.97. The van der Waals surface area contributed by atoms with Gasteiger partial charge in [0.15, 0.2) is 5.03 Å². The second kappa shape index (κ2) is 4.54. The van der Waals surface area contributed by atoms with E-state index < -0.39 is 10.0 Å². The molecule has 14 heavy (non-hydrogen) atoms. The molecular weight excluding hydrogens is 204 g/mol. The maximum Gasteiger partial charge on any atom is 0.259 e. The van der Waals surface area contributed by atoms with Gasteiger partial charge in [0.1, 0.15) is 0 Å². The van der Waals surface area contributed by atoms with Crippen LogP contribution < -0.4 is 10.0 Å². The molecule has 0 radical (unpaired) electrons. The van der Waals surface area contributed by atoms with Gasteiger partial charge in [-0.1, -0.05) is 0 Å². The van der Waals surface area contributed by atoms with Crippen molar-refractivity contribution in [2.24, 2.45) is 7.05 Å². The molecule has 0 unspecified atom stereocenters. The Kier molecular flexibility index (Phi) is 3.62. The fourth-order valence-electron chi connectivity index (χ4n) is 0.912. The van der Waals surface area contributed by atoms with Crippen LogP contribution in [0.3, 0.4) is 0 Å². The van der Waals surface area contributed by atoms with Crippen LogP contribution in [0, 0.1) is 0 Å². The molecule has 0 amide bonds. The summed E-state index contributed by atoms with van der Waals surface area (Å²) >= 11 is 0. The summed E-state index contributed by atoms with van der Waals surface area (Å²) < 4.78 is 27.0. The molecule has 0 saturated carbocycles. The minimum atomic E-state index is -3.43. The second-order valence-electron chi connectivity index (χ2n) is 2.88. The number of hydrogen-bond acceptors (Lipinski definition) is 4. The highest BCUT2D eigenvalue weighted by molar-refractivity contribution is 7.89. The molecule has 7 heteroatoms. The molecule has 2 N–H and O–H groups in total. The van der Waals surface area contributed by atoms with Gasteiger partial charge >= 0.3 is 0 Å². The number of hydrogen-bond donors (Lipinski definition) is 2. The van der Waals surface area contributed by atoms with E-state index in [1.165, 1.54) is 12.5 Å². The van der Waals surface area contributed by atoms with E-state index in [0.29, 0.717) is 13.1 Å². The predicted molar refractivity (Wildman–Crippen MR) is 52.3 cm³/mol. The summed E-state index contributed by atoms with van der Waals surface area (Å²) in [6, 6.07) is 0. The number of nitrogens with zero attached hydrogens (tertiary/aromatic N) is 2. The lowest BCUT2D eigenvalue weighted by Gasteiger charge is -2.02. The Bertz CT molecular complexity index is 384. The number of nitrogens with one attached hydrogen (secondary N) is 2. The Balaban J connectivity index is 2.66. The van der Waals surface area contributed by atoms with Crippen LogP contribution in [-0.4, -0.2) is 38.1 Å². The predicted octanol–water partition coefficient (Wildman–Crippen LogP) is -1.08. The quantitative estimate of drug-likeness (QED) is 0.616. The zero-order valence-electron chi connectivity index (χ0n) is 8.19. The fraction of sp³-hybridized carbons (Fsp3) is 0.571. The van der Waals surface area contributed by atoms with Crippen molar-refractivity contribution in [1.82, 2.24) is 19.6 Å². The topological polar surface area (TPSA) is 76.0 Å². The monoisotopic (exact) mass is 218 g/mol. The Labute approximate surface area is 83.4 Å². The molecule has 0 spiro atoms. The maximum absolute atomic E-state index is 11.5. The van der Waals surface area contributed by atoms with Gasteiger partial charge < -0.3 is 9.88 Å². The molecule has 0 bridgehead atoms. The Morgan fingerprint density at radius 1 is 1.50 bits per heavy atom. The standard InChI is InChI=1S/C7H14N4O2S/c1-8-3-4-10-14(12,13)7-5-11(2)6-9-7/h5-6,8,10H,3-4H2,1-2H3. The first-order valence-electron chi connectivity index (χ1n) is 4.18. The van der Waals surface area contributed by atoms with Gasteiger partial charge in [0, 0.05) is 26.3 Å². The fourth-order valence-corrected chi connectivity index (χ4v) is 1.92. The van der Waals surface area contributed by atoms with Crippen LogP contribution in [0.25, 0.3) is 0 Å². The lowest BCUT2D eigenvalue weighted by Crippen LogP contribution is -2.30. The van der Waals surface area contributed by atoms with Gasteiger partial charge in [-0.15, -0.1) is 0 Å². The smallest absolute Gasteiger partial charge is 0.259 e. The van der Waals surface area contributed by atoms with Crippen LogP contribution in [0.5, 0.6) is 0 Å². The Morgan fingerprint density at radius 3 is 2.71 bits per heavy atom. The first-order chi connectivity index (χ1) is 6.56. The van der Waals surface area contributed by atoms with Crippen molar-refractivity contribution in [3.63, 3.8) is 0 Å². The van der Waals surface area contributed by atoms with Crippen molar-refractivity contribution in [3.8, 4) is 0 Å². The molecule has 1 heterocycles. The molecule has 80 valence electrons. The SMILES string of the molecule is CNCCNS(=O)(=O)c1cn(C)cn1. The molecule has 0 aliphatic rings. The number of aryl methyl sites for hydroxylation is 1. The number of aromatic nitrogens is 2. The van der Waals surface area contributed by atoms with E-state index in [2.05, 4.69) is 15.0 Å². The first kappa shape index (κ1) is 11.2. The van der Waals surface area contributed by atoms with Crippen LogP contribution in [-0.2, 0) is 17.1 Å². The van der Waals surface area contributed by atoms with Gasteiger partial charge in [-0.25, -0.2) is 18.1 Å². The largest absolute Gasteiger partial charge is 0.339 e. The van der Waals surface area contributed by atoms with Crippen molar-refractivity contribution < 1.29 is 8.42 Å². The first-order valence-corrected chi connectivity index (χ1v) is 5.67. The van der Waals surface area contributed by atoms with E-state index in [-0.39, 0.29) is 5.03 Å². The van der Waals surface area contributed by atoms with Crippen molar-refractivity contribution in [2.45, 2.75) is 5.03 Å². The van der Waals surface area contributed by atoms with Gasteiger partial charge in [0.2, 0.25) is 0 Å². The van der Waals surface area contributed by atoms with E-state index in [0.717, 1.165) is 0 Å². The Morgan fingerprint density at radius 2 is 2.21 bits per heavy atom. The summed E-state index contributed by atoms with van der Waals surface area (Å²) in [4.78, 5) is 3.76. The van der Waals surface area contributed by atoms with Crippen LogP contribution in [0.15, 0.2) is 17.6 Å². The summed E-state index contributed by atoms with van der Waals surface area (Å²) in [5.74, 6) is 0. The second-order valence-corrected chi connectivity index (χ2v) is 4.59. The van der Waals surface area contributed by atoms with Crippen molar-refractivity contribution >= 4 is 10.0 Å². The highest BCUT2D eigenvalue weighted by Gasteiger charge is 2.15. The molecule has 0 saturated heterocycles. The lowest BCUT2D eigenvalue weighted by molar-refractivity contribution is 0.576. The molecule has 6 nitrogen and oxygen atoms in total. The summed E-state index contributed by atoms with van der Waals surface area (Å²) in [6.45, 7) is 0.946. The van der Waals surface area contributed by atoms with Crippen LogP contribution in [0.1, 0.15) is 0 Å². The van der Waals surface area contributed by atoms with Crippen molar-refractivity contribution in [3.05, 3.63) is 12.5 Å². The molecule has 0 aromatic carbocycles. The third kappa shape index (κ3) is 2.79. The molecule has 0 atom stereocenters. The third-order valence-electron chi connectivity index (χ3n) is 1.62. The summed E-state index contributed by atoms with van der Waals surface area (Å²) in [5.41, 5.74) is 0. The summed E-state index contributed by atoms with van der Waals surface area (Å²) in [5, 5.41) is 2.90. The van der Waals surface area contributed by atoms with E-state index in [4.69, 9.17) is 0 Å². The van der Waals surface area contributed by atoms with Crippen LogP contribution >= 0.6 is 0 Å². The normalized spacial score (nSPS) is 11.9. The van der Waals surface area contributed by atoms with Crippen LogP contribution in [0.2, 0.25) is 0 Å². The minimum absolute atomic E-state index is 0.0519.